The van der Waals surface area contributed by atoms with E-state index in [4.69, 9.17) is 5.26 Å². The number of carbonyl (C=O) groups is 2. The van der Waals surface area contributed by atoms with Crippen LogP contribution in [-0.4, -0.2) is 36.3 Å². The lowest BCUT2D eigenvalue weighted by molar-refractivity contribution is -0.131. The number of aryl methyl sites for hydroxylation is 1. The standard InChI is InChI=1S/C18H23N3O2/c1-14-2-4-15(5-3-14)12-17(22)20-13-16-7-10-21(11-8-16)18(23)6-9-19/h2-5,16H,6-8,10-13H2,1H3,(H,20,22). The van der Waals surface area contributed by atoms with Crippen LogP contribution in [0.15, 0.2) is 24.3 Å². The average molecular weight is 313 g/mol. The minimum absolute atomic E-state index is 0.0387. The minimum atomic E-state index is -0.0886. The van der Waals surface area contributed by atoms with E-state index < -0.39 is 0 Å². The maximum absolute atomic E-state index is 12.0. The van der Waals surface area contributed by atoms with Gasteiger partial charge in [0.2, 0.25) is 11.8 Å². The van der Waals surface area contributed by atoms with Crippen molar-refractivity contribution in [1.29, 1.82) is 5.26 Å². The third-order valence-corrected chi connectivity index (χ3v) is 4.27. The summed E-state index contributed by atoms with van der Waals surface area (Å²) in [6.07, 6.45) is 2.11. The predicted octanol–water partition coefficient (Wildman–Crippen LogP) is 1.81. The molecule has 1 saturated heterocycles. The van der Waals surface area contributed by atoms with Crippen molar-refractivity contribution in [1.82, 2.24) is 10.2 Å². The van der Waals surface area contributed by atoms with E-state index in [-0.39, 0.29) is 18.2 Å². The molecule has 0 unspecified atom stereocenters. The van der Waals surface area contributed by atoms with Gasteiger partial charge in [0.05, 0.1) is 12.5 Å². The van der Waals surface area contributed by atoms with Gasteiger partial charge in [-0.25, -0.2) is 0 Å². The molecule has 2 amide bonds. The highest BCUT2D eigenvalue weighted by Gasteiger charge is 2.22. The second-order valence-electron chi connectivity index (χ2n) is 6.13. The molecule has 0 aliphatic carbocycles. The summed E-state index contributed by atoms with van der Waals surface area (Å²) in [7, 11) is 0. The monoisotopic (exact) mass is 313 g/mol. The van der Waals surface area contributed by atoms with E-state index in [0.717, 1.165) is 18.4 Å². The number of hydrogen-bond donors (Lipinski definition) is 1. The number of benzene rings is 1. The van der Waals surface area contributed by atoms with E-state index in [1.54, 1.807) is 4.90 Å². The van der Waals surface area contributed by atoms with Crippen molar-refractivity contribution in [3.63, 3.8) is 0 Å². The first-order chi connectivity index (χ1) is 11.1. The van der Waals surface area contributed by atoms with Gasteiger partial charge in [0, 0.05) is 19.6 Å². The van der Waals surface area contributed by atoms with Gasteiger partial charge in [0.25, 0.3) is 0 Å². The van der Waals surface area contributed by atoms with E-state index in [1.165, 1.54) is 5.56 Å². The van der Waals surface area contributed by atoms with E-state index in [9.17, 15) is 9.59 Å². The Morgan fingerprint density at radius 2 is 1.91 bits per heavy atom. The van der Waals surface area contributed by atoms with Crippen LogP contribution in [0.3, 0.4) is 0 Å². The summed E-state index contributed by atoms with van der Waals surface area (Å²) in [5.41, 5.74) is 2.21. The van der Waals surface area contributed by atoms with Crippen LogP contribution in [0.5, 0.6) is 0 Å². The van der Waals surface area contributed by atoms with Crippen LogP contribution in [0.1, 0.15) is 30.4 Å². The van der Waals surface area contributed by atoms with Gasteiger partial charge in [-0.15, -0.1) is 0 Å². The number of amides is 2. The zero-order valence-corrected chi connectivity index (χ0v) is 13.5. The molecule has 0 radical (unpaired) electrons. The summed E-state index contributed by atoms with van der Waals surface area (Å²) >= 11 is 0. The first-order valence-corrected chi connectivity index (χ1v) is 8.05. The maximum atomic E-state index is 12.0. The Bertz CT molecular complexity index is 581. The van der Waals surface area contributed by atoms with Crippen molar-refractivity contribution in [2.75, 3.05) is 19.6 Å². The predicted molar refractivity (Wildman–Crippen MR) is 87.4 cm³/mol. The van der Waals surface area contributed by atoms with E-state index in [0.29, 0.717) is 32.0 Å². The molecule has 1 N–H and O–H groups in total. The van der Waals surface area contributed by atoms with Gasteiger partial charge in [-0.2, -0.15) is 5.26 Å². The Labute approximate surface area is 137 Å². The van der Waals surface area contributed by atoms with Crippen LogP contribution >= 0.6 is 0 Å². The molecule has 1 aromatic rings. The fourth-order valence-electron chi connectivity index (χ4n) is 2.78. The molecule has 1 aromatic carbocycles. The Kier molecular flexibility index (Phi) is 6.16. The molecule has 5 nitrogen and oxygen atoms in total. The third-order valence-electron chi connectivity index (χ3n) is 4.27. The summed E-state index contributed by atoms with van der Waals surface area (Å²) in [6.45, 7) is 4.04. The molecular formula is C18H23N3O2. The molecule has 23 heavy (non-hydrogen) atoms. The zero-order chi connectivity index (χ0) is 16.7. The van der Waals surface area contributed by atoms with Crippen molar-refractivity contribution >= 4 is 11.8 Å². The zero-order valence-electron chi connectivity index (χ0n) is 13.5. The van der Waals surface area contributed by atoms with Gasteiger partial charge in [0.1, 0.15) is 6.42 Å². The van der Waals surface area contributed by atoms with Crippen molar-refractivity contribution in [2.45, 2.75) is 32.6 Å². The van der Waals surface area contributed by atoms with Crippen LogP contribution < -0.4 is 5.32 Å². The molecule has 0 spiro atoms. The Hall–Kier alpha value is -2.35. The summed E-state index contributed by atoms with van der Waals surface area (Å²) in [5.74, 6) is 0.356. The van der Waals surface area contributed by atoms with Crippen LogP contribution in [0.25, 0.3) is 0 Å². The van der Waals surface area contributed by atoms with Crippen LogP contribution in [0.2, 0.25) is 0 Å². The molecule has 1 aliphatic heterocycles. The fraction of sp³-hybridized carbons (Fsp3) is 0.500. The van der Waals surface area contributed by atoms with Gasteiger partial charge in [-0.05, 0) is 31.2 Å². The largest absolute Gasteiger partial charge is 0.356 e. The molecule has 1 heterocycles. The van der Waals surface area contributed by atoms with Crippen molar-refractivity contribution in [3.8, 4) is 6.07 Å². The van der Waals surface area contributed by atoms with Crippen molar-refractivity contribution in [3.05, 3.63) is 35.4 Å². The molecule has 1 fully saturated rings. The topological polar surface area (TPSA) is 73.2 Å². The van der Waals surface area contributed by atoms with Gasteiger partial charge in [-0.3, -0.25) is 9.59 Å². The Morgan fingerprint density at radius 3 is 2.52 bits per heavy atom. The second-order valence-corrected chi connectivity index (χ2v) is 6.13. The van der Waals surface area contributed by atoms with E-state index in [1.807, 2.05) is 37.3 Å². The van der Waals surface area contributed by atoms with E-state index in [2.05, 4.69) is 5.32 Å². The smallest absolute Gasteiger partial charge is 0.236 e. The van der Waals surface area contributed by atoms with Crippen LogP contribution in [0, 0.1) is 24.2 Å². The number of likely N-dealkylation sites (tertiary alicyclic amines) is 1. The van der Waals surface area contributed by atoms with Crippen LogP contribution in [-0.2, 0) is 16.0 Å². The number of nitrogens with one attached hydrogen (secondary N) is 1. The maximum Gasteiger partial charge on any atom is 0.236 e. The lowest BCUT2D eigenvalue weighted by Crippen LogP contribution is -2.41. The summed E-state index contributed by atoms with van der Waals surface area (Å²) < 4.78 is 0. The quantitative estimate of drug-likeness (QED) is 0.901. The molecule has 2 rings (SSSR count). The Morgan fingerprint density at radius 1 is 1.26 bits per heavy atom. The highest BCUT2D eigenvalue weighted by Crippen LogP contribution is 2.17. The van der Waals surface area contributed by atoms with Crippen LogP contribution in [0.4, 0.5) is 0 Å². The number of hydrogen-bond acceptors (Lipinski definition) is 3. The Balaban J connectivity index is 1.69. The third kappa shape index (κ3) is 5.41. The SMILES string of the molecule is Cc1ccc(CC(=O)NCC2CCN(C(=O)CC#N)CC2)cc1. The second kappa shape index (κ2) is 8.33. The highest BCUT2D eigenvalue weighted by molar-refractivity contribution is 5.79. The summed E-state index contributed by atoms with van der Waals surface area (Å²) in [5, 5.41) is 11.5. The summed E-state index contributed by atoms with van der Waals surface area (Å²) in [6, 6.07) is 9.88. The first-order valence-electron chi connectivity index (χ1n) is 8.05. The number of nitrogens with zero attached hydrogens (tertiary/aromatic N) is 2. The van der Waals surface area contributed by atoms with Gasteiger partial charge in [-0.1, -0.05) is 29.8 Å². The molecular weight excluding hydrogens is 290 g/mol. The fourth-order valence-corrected chi connectivity index (χ4v) is 2.78. The van der Waals surface area contributed by atoms with Crippen molar-refractivity contribution in [2.24, 2.45) is 5.92 Å². The minimum Gasteiger partial charge on any atom is -0.356 e. The molecule has 0 bridgehead atoms. The average Bonchev–Trinajstić information content (AvgIpc) is 2.56. The molecule has 0 atom stereocenters. The van der Waals surface area contributed by atoms with E-state index >= 15 is 0 Å². The lowest BCUT2D eigenvalue weighted by Gasteiger charge is -2.31. The highest BCUT2D eigenvalue weighted by atomic mass is 16.2. The van der Waals surface area contributed by atoms with Crippen molar-refractivity contribution < 1.29 is 9.59 Å². The molecule has 0 saturated carbocycles. The number of carbonyl (C=O) groups excluding carboxylic acids is 2. The number of piperidine rings is 1. The lowest BCUT2D eigenvalue weighted by atomic mass is 9.96. The first kappa shape index (κ1) is 17.0. The van der Waals surface area contributed by atoms with Gasteiger partial charge >= 0.3 is 0 Å². The summed E-state index contributed by atoms with van der Waals surface area (Å²) in [4.78, 5) is 25.4. The number of rotatable bonds is 5. The molecule has 0 aromatic heterocycles. The molecule has 5 heteroatoms. The molecule has 1 aliphatic rings. The number of nitriles is 1. The van der Waals surface area contributed by atoms with Gasteiger partial charge in [0.15, 0.2) is 0 Å². The normalized spacial score (nSPS) is 15.0. The van der Waals surface area contributed by atoms with Gasteiger partial charge < -0.3 is 10.2 Å². The molecule has 122 valence electrons.